The van der Waals surface area contributed by atoms with Crippen LogP contribution in [0.3, 0.4) is 0 Å². The van der Waals surface area contributed by atoms with Gasteiger partial charge in [0.2, 0.25) is 0 Å². The van der Waals surface area contributed by atoms with Gasteiger partial charge in [-0.1, -0.05) is 25.4 Å². The van der Waals surface area contributed by atoms with Gasteiger partial charge < -0.3 is 5.11 Å². The molecule has 0 fully saturated rings. The molecule has 1 aromatic rings. The molecule has 0 amide bonds. The van der Waals surface area contributed by atoms with Gasteiger partial charge in [0.15, 0.2) is 0 Å². The molecule has 0 unspecified atom stereocenters. The summed E-state index contributed by atoms with van der Waals surface area (Å²) in [5.41, 5.74) is 1.87. The van der Waals surface area contributed by atoms with Crippen LogP contribution in [0.2, 0.25) is 5.02 Å². The van der Waals surface area contributed by atoms with Gasteiger partial charge in [-0.05, 0) is 42.5 Å². The van der Waals surface area contributed by atoms with Gasteiger partial charge in [-0.3, -0.25) is 0 Å². The predicted octanol–water partition coefficient (Wildman–Crippen LogP) is 3.87. The predicted molar refractivity (Wildman–Crippen MR) is 56.6 cm³/mol. The molecule has 0 saturated carbocycles. The Kier molecular flexibility index (Phi) is 3.21. The van der Waals surface area contributed by atoms with Crippen molar-refractivity contribution < 1.29 is 5.11 Å². The van der Waals surface area contributed by atoms with Crippen LogP contribution in [0.5, 0.6) is 5.75 Å². The Hall–Kier alpha value is -0.690. The monoisotopic (exact) mass is 198 g/mol. The number of hydrogen-bond acceptors (Lipinski definition) is 1. The van der Waals surface area contributed by atoms with Crippen LogP contribution in [0.15, 0.2) is 12.1 Å². The van der Waals surface area contributed by atoms with E-state index in [4.69, 9.17) is 11.6 Å². The number of halogens is 1. The summed E-state index contributed by atoms with van der Waals surface area (Å²) in [5, 5.41) is 10.4. The van der Waals surface area contributed by atoms with Crippen LogP contribution in [0.25, 0.3) is 0 Å². The highest BCUT2D eigenvalue weighted by atomic mass is 35.5. The topological polar surface area (TPSA) is 20.2 Å². The third-order valence-corrected chi connectivity index (χ3v) is 2.86. The molecule has 72 valence electrons. The van der Waals surface area contributed by atoms with Gasteiger partial charge in [0, 0.05) is 5.02 Å². The van der Waals surface area contributed by atoms with E-state index in [1.54, 1.807) is 6.07 Å². The Labute approximate surface area is 84.4 Å². The van der Waals surface area contributed by atoms with Gasteiger partial charge in [0.05, 0.1) is 0 Å². The lowest BCUT2D eigenvalue weighted by molar-refractivity contribution is 0.461. The molecule has 0 saturated heterocycles. The van der Waals surface area contributed by atoms with E-state index in [1.807, 2.05) is 13.0 Å². The Bertz CT molecular complexity index is 307. The maximum Gasteiger partial charge on any atom is 0.119 e. The Morgan fingerprint density at radius 2 is 2.08 bits per heavy atom. The largest absolute Gasteiger partial charge is 0.508 e. The van der Waals surface area contributed by atoms with Crippen molar-refractivity contribution in [2.75, 3.05) is 0 Å². The average Bonchev–Trinajstić information content (AvgIpc) is 2.10. The Morgan fingerprint density at radius 1 is 1.46 bits per heavy atom. The summed E-state index contributed by atoms with van der Waals surface area (Å²) in [6, 6.07) is 3.59. The van der Waals surface area contributed by atoms with Crippen LogP contribution < -0.4 is 0 Å². The molecule has 1 nitrogen and oxygen atoms in total. The number of aryl methyl sites for hydroxylation is 1. The number of phenols is 1. The first-order chi connectivity index (χ1) is 6.06. The zero-order chi connectivity index (χ0) is 10.0. The van der Waals surface area contributed by atoms with E-state index in [0.717, 1.165) is 22.6 Å². The first kappa shape index (κ1) is 10.4. The summed E-state index contributed by atoms with van der Waals surface area (Å²) >= 11 is 5.98. The summed E-state index contributed by atoms with van der Waals surface area (Å²) < 4.78 is 0. The van der Waals surface area contributed by atoms with Crippen LogP contribution in [-0.4, -0.2) is 5.11 Å². The Balaban J connectivity index is 3.15. The summed E-state index contributed by atoms with van der Waals surface area (Å²) in [6.45, 7) is 6.07. The van der Waals surface area contributed by atoms with Crippen LogP contribution >= 0.6 is 11.6 Å². The number of rotatable bonds is 2. The van der Waals surface area contributed by atoms with Crippen molar-refractivity contribution in [3.05, 3.63) is 28.3 Å². The van der Waals surface area contributed by atoms with E-state index in [9.17, 15) is 5.11 Å². The quantitative estimate of drug-likeness (QED) is 0.765. The highest BCUT2D eigenvalue weighted by Crippen LogP contribution is 2.32. The standard InChI is InChI=1S/C11H15ClO/c1-4-7(2)9-6-10(12)8(3)5-11(9)13/h5-7,13H,4H2,1-3H3/t7-/m0/s1. The second kappa shape index (κ2) is 4.01. The van der Waals surface area contributed by atoms with Gasteiger partial charge in [-0.2, -0.15) is 0 Å². The molecule has 0 radical (unpaired) electrons. The molecule has 1 aromatic carbocycles. The highest BCUT2D eigenvalue weighted by Gasteiger charge is 2.10. The first-order valence-electron chi connectivity index (χ1n) is 4.55. The zero-order valence-corrected chi connectivity index (χ0v) is 9.02. The third kappa shape index (κ3) is 2.16. The molecular weight excluding hydrogens is 184 g/mol. The second-order valence-electron chi connectivity index (χ2n) is 3.47. The molecular formula is C11H15ClO. The zero-order valence-electron chi connectivity index (χ0n) is 8.26. The van der Waals surface area contributed by atoms with Crippen molar-refractivity contribution in [2.24, 2.45) is 0 Å². The molecule has 0 aliphatic carbocycles. The van der Waals surface area contributed by atoms with Crippen LogP contribution in [0.1, 0.15) is 37.3 Å². The van der Waals surface area contributed by atoms with E-state index in [2.05, 4.69) is 13.8 Å². The minimum absolute atomic E-state index is 0.358. The summed E-state index contributed by atoms with van der Waals surface area (Å²) in [4.78, 5) is 0. The molecule has 1 N–H and O–H groups in total. The minimum atomic E-state index is 0.358. The summed E-state index contributed by atoms with van der Waals surface area (Å²) in [5.74, 6) is 0.717. The van der Waals surface area contributed by atoms with Gasteiger partial charge in [0.25, 0.3) is 0 Å². The maximum atomic E-state index is 9.66. The highest BCUT2D eigenvalue weighted by molar-refractivity contribution is 6.31. The fourth-order valence-electron chi connectivity index (χ4n) is 1.30. The molecule has 0 aliphatic rings. The molecule has 1 rings (SSSR count). The third-order valence-electron chi connectivity index (χ3n) is 2.45. The number of phenolic OH excluding ortho intramolecular Hbond substituents is 1. The smallest absolute Gasteiger partial charge is 0.119 e. The van der Waals surface area contributed by atoms with E-state index < -0.39 is 0 Å². The number of benzene rings is 1. The van der Waals surface area contributed by atoms with Crippen molar-refractivity contribution >= 4 is 11.6 Å². The number of hydrogen-bond donors (Lipinski definition) is 1. The first-order valence-corrected chi connectivity index (χ1v) is 4.93. The van der Waals surface area contributed by atoms with Crippen molar-refractivity contribution in [3.8, 4) is 5.75 Å². The van der Waals surface area contributed by atoms with Crippen LogP contribution in [0, 0.1) is 6.92 Å². The number of aromatic hydroxyl groups is 1. The summed E-state index contributed by atoms with van der Waals surface area (Å²) in [7, 11) is 0. The van der Waals surface area contributed by atoms with Crippen molar-refractivity contribution in [1.29, 1.82) is 0 Å². The average molecular weight is 199 g/mol. The minimum Gasteiger partial charge on any atom is -0.508 e. The molecule has 13 heavy (non-hydrogen) atoms. The molecule has 0 bridgehead atoms. The van der Waals surface area contributed by atoms with E-state index >= 15 is 0 Å². The molecule has 0 spiro atoms. The van der Waals surface area contributed by atoms with Crippen LogP contribution in [0.4, 0.5) is 0 Å². The van der Waals surface area contributed by atoms with Gasteiger partial charge in [-0.15, -0.1) is 0 Å². The lowest BCUT2D eigenvalue weighted by Crippen LogP contribution is -1.92. The fourth-order valence-corrected chi connectivity index (χ4v) is 1.47. The maximum absolute atomic E-state index is 9.66. The molecule has 2 heteroatoms. The molecule has 0 heterocycles. The van der Waals surface area contributed by atoms with E-state index in [0.29, 0.717) is 11.7 Å². The van der Waals surface area contributed by atoms with Crippen molar-refractivity contribution in [1.82, 2.24) is 0 Å². The second-order valence-corrected chi connectivity index (χ2v) is 3.88. The lowest BCUT2D eigenvalue weighted by Gasteiger charge is -2.12. The summed E-state index contributed by atoms with van der Waals surface area (Å²) in [6.07, 6.45) is 1.01. The fraction of sp³-hybridized carbons (Fsp3) is 0.455. The molecule has 0 aromatic heterocycles. The van der Waals surface area contributed by atoms with E-state index in [1.165, 1.54) is 0 Å². The van der Waals surface area contributed by atoms with Gasteiger partial charge >= 0.3 is 0 Å². The van der Waals surface area contributed by atoms with Gasteiger partial charge in [-0.25, -0.2) is 0 Å². The lowest BCUT2D eigenvalue weighted by atomic mass is 9.96. The molecule has 0 aliphatic heterocycles. The van der Waals surface area contributed by atoms with Crippen LogP contribution in [-0.2, 0) is 0 Å². The van der Waals surface area contributed by atoms with Gasteiger partial charge in [0.1, 0.15) is 5.75 Å². The van der Waals surface area contributed by atoms with Crippen molar-refractivity contribution in [2.45, 2.75) is 33.1 Å². The van der Waals surface area contributed by atoms with Crippen molar-refractivity contribution in [3.63, 3.8) is 0 Å². The normalized spacial score (nSPS) is 12.9. The SMILES string of the molecule is CC[C@H](C)c1cc(Cl)c(C)cc1O. The molecule has 1 atom stereocenters. The Morgan fingerprint density at radius 3 is 2.62 bits per heavy atom. The van der Waals surface area contributed by atoms with E-state index in [-0.39, 0.29) is 0 Å².